The molecule has 1 aromatic rings. The monoisotopic (exact) mass is 262 g/mol. The summed E-state index contributed by atoms with van der Waals surface area (Å²) >= 11 is 0. The number of nitrogens with zero attached hydrogens (tertiary/aromatic N) is 3. The summed E-state index contributed by atoms with van der Waals surface area (Å²) in [6, 6.07) is 3.89. The SMILES string of the molecule is CCC1CCCN(c2cccnc2/C(N)=N/O)CC1. The molecule has 0 saturated carbocycles. The van der Waals surface area contributed by atoms with Crippen molar-refractivity contribution in [2.24, 2.45) is 16.8 Å². The van der Waals surface area contributed by atoms with Crippen molar-refractivity contribution in [1.82, 2.24) is 4.98 Å². The topological polar surface area (TPSA) is 74.7 Å². The molecule has 19 heavy (non-hydrogen) atoms. The molecule has 1 aromatic heterocycles. The average molecular weight is 262 g/mol. The Hall–Kier alpha value is -1.78. The molecule has 0 aliphatic carbocycles. The highest BCUT2D eigenvalue weighted by Crippen LogP contribution is 2.25. The minimum absolute atomic E-state index is 0.0758. The van der Waals surface area contributed by atoms with E-state index in [9.17, 15) is 0 Å². The molecular weight excluding hydrogens is 240 g/mol. The molecule has 1 saturated heterocycles. The van der Waals surface area contributed by atoms with E-state index in [1.54, 1.807) is 6.20 Å². The van der Waals surface area contributed by atoms with E-state index in [1.807, 2.05) is 12.1 Å². The minimum atomic E-state index is 0.0758. The van der Waals surface area contributed by atoms with Crippen molar-refractivity contribution in [3.8, 4) is 0 Å². The number of hydrogen-bond acceptors (Lipinski definition) is 4. The molecule has 1 aliphatic rings. The number of nitrogens with two attached hydrogens (primary N) is 1. The van der Waals surface area contributed by atoms with Crippen LogP contribution in [0.5, 0.6) is 0 Å². The highest BCUT2D eigenvalue weighted by atomic mass is 16.4. The largest absolute Gasteiger partial charge is 0.409 e. The Labute approximate surface area is 114 Å². The first-order chi connectivity index (χ1) is 9.26. The second-order valence-electron chi connectivity index (χ2n) is 5.05. The van der Waals surface area contributed by atoms with Crippen molar-refractivity contribution in [3.63, 3.8) is 0 Å². The summed E-state index contributed by atoms with van der Waals surface area (Å²) in [5.74, 6) is 0.890. The molecule has 1 aliphatic heterocycles. The van der Waals surface area contributed by atoms with Crippen LogP contribution >= 0.6 is 0 Å². The van der Waals surface area contributed by atoms with Gasteiger partial charge >= 0.3 is 0 Å². The number of amidine groups is 1. The predicted molar refractivity (Wildman–Crippen MR) is 76.6 cm³/mol. The van der Waals surface area contributed by atoms with Gasteiger partial charge in [-0.1, -0.05) is 18.5 Å². The molecule has 5 heteroatoms. The zero-order valence-electron chi connectivity index (χ0n) is 11.4. The number of anilines is 1. The van der Waals surface area contributed by atoms with E-state index in [0.717, 1.165) is 24.7 Å². The molecule has 0 radical (unpaired) electrons. The first kappa shape index (κ1) is 13.6. The van der Waals surface area contributed by atoms with Gasteiger partial charge in [0.1, 0.15) is 5.69 Å². The van der Waals surface area contributed by atoms with Gasteiger partial charge in [0.25, 0.3) is 0 Å². The van der Waals surface area contributed by atoms with E-state index >= 15 is 0 Å². The van der Waals surface area contributed by atoms with Gasteiger partial charge in [-0.2, -0.15) is 0 Å². The molecule has 0 bridgehead atoms. The summed E-state index contributed by atoms with van der Waals surface area (Å²) in [5.41, 5.74) is 7.24. The molecule has 1 atom stereocenters. The van der Waals surface area contributed by atoms with Crippen molar-refractivity contribution in [2.45, 2.75) is 32.6 Å². The van der Waals surface area contributed by atoms with Crippen molar-refractivity contribution >= 4 is 11.5 Å². The van der Waals surface area contributed by atoms with Crippen LogP contribution in [-0.2, 0) is 0 Å². The zero-order valence-corrected chi connectivity index (χ0v) is 11.4. The third-order valence-electron chi connectivity index (χ3n) is 3.90. The molecule has 3 N–H and O–H groups in total. The van der Waals surface area contributed by atoms with E-state index < -0.39 is 0 Å². The first-order valence-corrected chi connectivity index (χ1v) is 6.94. The van der Waals surface area contributed by atoms with E-state index in [1.165, 1.54) is 25.7 Å². The van der Waals surface area contributed by atoms with Crippen LogP contribution in [0.15, 0.2) is 23.5 Å². The van der Waals surface area contributed by atoms with E-state index in [0.29, 0.717) is 5.69 Å². The Bertz CT molecular complexity index is 447. The number of hydrogen-bond donors (Lipinski definition) is 2. The van der Waals surface area contributed by atoms with Gasteiger partial charge < -0.3 is 15.8 Å². The van der Waals surface area contributed by atoms with E-state index in [4.69, 9.17) is 10.9 Å². The summed E-state index contributed by atoms with van der Waals surface area (Å²) < 4.78 is 0. The second-order valence-corrected chi connectivity index (χ2v) is 5.05. The Kier molecular flexibility index (Phi) is 4.60. The fourth-order valence-corrected chi connectivity index (χ4v) is 2.71. The lowest BCUT2D eigenvalue weighted by Crippen LogP contribution is -2.28. The Morgan fingerprint density at radius 2 is 2.37 bits per heavy atom. The Balaban J connectivity index is 2.22. The van der Waals surface area contributed by atoms with Crippen molar-refractivity contribution in [3.05, 3.63) is 24.0 Å². The maximum Gasteiger partial charge on any atom is 0.190 e. The fraction of sp³-hybridized carbons (Fsp3) is 0.571. The maximum atomic E-state index is 8.85. The van der Waals surface area contributed by atoms with Gasteiger partial charge in [0.2, 0.25) is 0 Å². The molecule has 0 aromatic carbocycles. The third-order valence-corrected chi connectivity index (χ3v) is 3.90. The molecular formula is C14H22N4O. The molecule has 0 amide bonds. The van der Waals surface area contributed by atoms with Crippen LogP contribution in [0.3, 0.4) is 0 Å². The quantitative estimate of drug-likeness (QED) is 0.379. The van der Waals surface area contributed by atoms with Gasteiger partial charge in [-0.3, -0.25) is 4.98 Å². The molecule has 0 spiro atoms. The van der Waals surface area contributed by atoms with Crippen molar-refractivity contribution < 1.29 is 5.21 Å². The van der Waals surface area contributed by atoms with Crippen LogP contribution in [0.2, 0.25) is 0 Å². The van der Waals surface area contributed by atoms with Crippen LogP contribution in [0.4, 0.5) is 5.69 Å². The Morgan fingerprint density at radius 1 is 1.53 bits per heavy atom. The highest BCUT2D eigenvalue weighted by molar-refractivity contribution is 6.00. The normalized spacial score (nSPS) is 21.2. The van der Waals surface area contributed by atoms with Gasteiger partial charge in [0.15, 0.2) is 5.84 Å². The molecule has 5 nitrogen and oxygen atoms in total. The standard InChI is InChI=1S/C14H22N4O/c1-2-11-5-4-9-18(10-7-11)12-6-3-8-16-13(12)14(15)17-19/h3,6,8,11,19H,2,4-5,7,9-10H2,1H3,(H2,15,17). The van der Waals surface area contributed by atoms with E-state index in [2.05, 4.69) is 22.0 Å². The molecule has 2 rings (SSSR count). The predicted octanol–water partition coefficient (Wildman–Crippen LogP) is 2.19. The highest BCUT2D eigenvalue weighted by Gasteiger charge is 2.19. The lowest BCUT2D eigenvalue weighted by Gasteiger charge is -2.24. The number of oxime groups is 1. The number of aromatic nitrogens is 1. The lowest BCUT2D eigenvalue weighted by molar-refractivity contribution is 0.318. The van der Waals surface area contributed by atoms with Crippen LogP contribution in [0.1, 0.15) is 38.3 Å². The van der Waals surface area contributed by atoms with Gasteiger partial charge in [-0.25, -0.2) is 0 Å². The molecule has 1 fully saturated rings. The third kappa shape index (κ3) is 3.16. The number of rotatable bonds is 3. The summed E-state index contributed by atoms with van der Waals surface area (Å²) in [6.07, 6.45) is 6.58. The van der Waals surface area contributed by atoms with Crippen LogP contribution in [0, 0.1) is 5.92 Å². The summed E-state index contributed by atoms with van der Waals surface area (Å²) in [4.78, 5) is 6.54. The fourth-order valence-electron chi connectivity index (χ4n) is 2.71. The second kappa shape index (κ2) is 6.41. The van der Waals surface area contributed by atoms with Gasteiger partial charge in [0, 0.05) is 19.3 Å². The summed E-state index contributed by atoms with van der Waals surface area (Å²) in [6.45, 7) is 4.27. The smallest absolute Gasteiger partial charge is 0.190 e. The van der Waals surface area contributed by atoms with E-state index in [-0.39, 0.29) is 5.84 Å². The van der Waals surface area contributed by atoms with Gasteiger partial charge in [0.05, 0.1) is 5.69 Å². The Morgan fingerprint density at radius 3 is 3.11 bits per heavy atom. The van der Waals surface area contributed by atoms with Crippen molar-refractivity contribution in [1.29, 1.82) is 0 Å². The van der Waals surface area contributed by atoms with Crippen LogP contribution in [0.25, 0.3) is 0 Å². The zero-order chi connectivity index (χ0) is 13.7. The van der Waals surface area contributed by atoms with Gasteiger partial charge in [-0.05, 0) is 37.3 Å². The summed E-state index contributed by atoms with van der Waals surface area (Å²) in [7, 11) is 0. The van der Waals surface area contributed by atoms with Gasteiger partial charge in [-0.15, -0.1) is 0 Å². The lowest BCUT2D eigenvalue weighted by atomic mass is 9.98. The minimum Gasteiger partial charge on any atom is -0.409 e. The first-order valence-electron chi connectivity index (χ1n) is 6.94. The summed E-state index contributed by atoms with van der Waals surface area (Å²) in [5, 5.41) is 11.9. The molecule has 2 heterocycles. The van der Waals surface area contributed by atoms with Crippen LogP contribution in [-0.4, -0.2) is 29.1 Å². The molecule has 104 valence electrons. The maximum absolute atomic E-state index is 8.85. The number of pyridine rings is 1. The average Bonchev–Trinajstić information content (AvgIpc) is 2.71. The van der Waals surface area contributed by atoms with Crippen LogP contribution < -0.4 is 10.6 Å². The van der Waals surface area contributed by atoms with Crippen molar-refractivity contribution in [2.75, 3.05) is 18.0 Å². The molecule has 1 unspecified atom stereocenters.